The number of ether oxygens (including phenoxy) is 1. The van der Waals surface area contributed by atoms with E-state index in [0.717, 1.165) is 5.56 Å². The number of benzene rings is 2. The van der Waals surface area contributed by atoms with Crippen LogP contribution < -0.4 is 5.32 Å². The van der Waals surface area contributed by atoms with Gasteiger partial charge in [-0.05, 0) is 29.7 Å². The molecule has 0 saturated heterocycles. The van der Waals surface area contributed by atoms with Crippen LogP contribution in [0.4, 0.5) is 4.79 Å². The van der Waals surface area contributed by atoms with E-state index in [2.05, 4.69) is 5.32 Å². The van der Waals surface area contributed by atoms with Gasteiger partial charge in [0.2, 0.25) is 0 Å². The standard InChI is InChI=1S/C19H20ClNO6/c20-15-7-6-13(10-14(15)18(24)25)17(23)16(22)8-9-21-19(26)27-11-12-4-2-1-3-5-12/h1-7,10,16-17,22-23H,8-9,11H2,(H,21,26)(H,24,25). The number of aliphatic hydroxyl groups is 2. The van der Waals surface area contributed by atoms with Crippen molar-refractivity contribution in [3.05, 3.63) is 70.2 Å². The second-order valence-electron chi connectivity index (χ2n) is 5.83. The first-order valence-corrected chi connectivity index (χ1v) is 8.59. The van der Waals surface area contributed by atoms with Gasteiger partial charge >= 0.3 is 12.1 Å². The first-order valence-electron chi connectivity index (χ1n) is 8.22. The number of rotatable bonds is 8. The van der Waals surface area contributed by atoms with E-state index < -0.39 is 24.3 Å². The molecule has 2 rings (SSSR count). The Kier molecular flexibility index (Phi) is 7.60. The van der Waals surface area contributed by atoms with Gasteiger partial charge in [-0.1, -0.05) is 48.0 Å². The molecule has 0 aromatic heterocycles. The minimum atomic E-state index is -1.32. The number of amides is 1. The van der Waals surface area contributed by atoms with E-state index in [4.69, 9.17) is 21.4 Å². The summed E-state index contributed by atoms with van der Waals surface area (Å²) < 4.78 is 5.04. The second kappa shape index (κ2) is 9.91. The van der Waals surface area contributed by atoms with Gasteiger partial charge in [0.1, 0.15) is 12.7 Å². The van der Waals surface area contributed by atoms with Crippen molar-refractivity contribution >= 4 is 23.7 Å². The molecule has 27 heavy (non-hydrogen) atoms. The molecule has 0 fully saturated rings. The highest BCUT2D eigenvalue weighted by Crippen LogP contribution is 2.24. The zero-order valence-corrected chi connectivity index (χ0v) is 15.1. The largest absolute Gasteiger partial charge is 0.478 e. The van der Waals surface area contributed by atoms with Gasteiger partial charge in [0.25, 0.3) is 0 Å². The van der Waals surface area contributed by atoms with Crippen LogP contribution in [0.15, 0.2) is 48.5 Å². The third-order valence-electron chi connectivity index (χ3n) is 3.85. The summed E-state index contributed by atoms with van der Waals surface area (Å²) in [5, 5.41) is 31.8. The fourth-order valence-electron chi connectivity index (χ4n) is 2.37. The molecule has 4 N–H and O–H groups in total. The molecule has 0 aliphatic heterocycles. The first-order chi connectivity index (χ1) is 12.9. The number of alkyl carbamates (subject to hydrolysis) is 1. The lowest BCUT2D eigenvalue weighted by Crippen LogP contribution is -2.29. The summed E-state index contributed by atoms with van der Waals surface area (Å²) in [5.41, 5.74) is 0.902. The highest BCUT2D eigenvalue weighted by Gasteiger charge is 2.21. The lowest BCUT2D eigenvalue weighted by Gasteiger charge is -2.19. The molecule has 2 unspecified atom stereocenters. The quantitative estimate of drug-likeness (QED) is 0.548. The van der Waals surface area contributed by atoms with Crippen LogP contribution in [-0.2, 0) is 11.3 Å². The maximum Gasteiger partial charge on any atom is 0.407 e. The third-order valence-corrected chi connectivity index (χ3v) is 4.18. The van der Waals surface area contributed by atoms with Crippen LogP contribution in [0.3, 0.4) is 0 Å². The Labute approximate surface area is 161 Å². The zero-order chi connectivity index (χ0) is 19.8. The molecule has 0 aliphatic rings. The van der Waals surface area contributed by atoms with Crippen molar-refractivity contribution < 1.29 is 29.6 Å². The minimum absolute atomic E-state index is 0.0377. The van der Waals surface area contributed by atoms with Gasteiger partial charge in [-0.15, -0.1) is 0 Å². The molecule has 2 aromatic carbocycles. The summed E-state index contributed by atoms with van der Waals surface area (Å²) in [6, 6.07) is 13.2. The van der Waals surface area contributed by atoms with Gasteiger partial charge in [0, 0.05) is 6.54 Å². The lowest BCUT2D eigenvalue weighted by molar-refractivity contribution is 0.0135. The third kappa shape index (κ3) is 6.25. The van der Waals surface area contributed by atoms with Crippen molar-refractivity contribution in [2.24, 2.45) is 0 Å². The highest BCUT2D eigenvalue weighted by atomic mass is 35.5. The normalized spacial score (nSPS) is 12.9. The summed E-state index contributed by atoms with van der Waals surface area (Å²) in [7, 11) is 0. The minimum Gasteiger partial charge on any atom is -0.478 e. The summed E-state index contributed by atoms with van der Waals surface area (Å²) in [5.74, 6) is -1.23. The van der Waals surface area contributed by atoms with Crippen LogP contribution in [0, 0.1) is 0 Å². The maximum absolute atomic E-state index is 11.6. The summed E-state index contributed by atoms with van der Waals surface area (Å²) in [4.78, 5) is 22.7. The predicted octanol–water partition coefficient (Wildman–Crippen LogP) is 2.75. The summed E-state index contributed by atoms with van der Waals surface area (Å²) >= 11 is 5.78. The van der Waals surface area contributed by atoms with E-state index in [-0.39, 0.29) is 35.7 Å². The average molecular weight is 394 g/mol. The Morgan fingerprint density at radius 3 is 2.48 bits per heavy atom. The van der Waals surface area contributed by atoms with E-state index in [1.807, 2.05) is 30.3 Å². The number of carbonyl (C=O) groups excluding carboxylic acids is 1. The number of hydrogen-bond acceptors (Lipinski definition) is 5. The molecule has 2 aromatic rings. The Hall–Kier alpha value is -2.61. The first kappa shape index (κ1) is 20.7. The van der Waals surface area contributed by atoms with Crippen molar-refractivity contribution in [2.75, 3.05) is 6.54 Å². The molecule has 0 saturated carbocycles. The van der Waals surface area contributed by atoms with Crippen molar-refractivity contribution in [1.82, 2.24) is 5.32 Å². The highest BCUT2D eigenvalue weighted by molar-refractivity contribution is 6.33. The van der Waals surface area contributed by atoms with E-state index in [1.54, 1.807) is 0 Å². The number of nitrogens with one attached hydrogen (secondary N) is 1. The fourth-order valence-corrected chi connectivity index (χ4v) is 2.57. The number of carboxylic acid groups (broad SMARTS) is 1. The van der Waals surface area contributed by atoms with Gasteiger partial charge in [-0.25, -0.2) is 9.59 Å². The topological polar surface area (TPSA) is 116 Å². The predicted molar refractivity (Wildman–Crippen MR) is 98.6 cm³/mol. The molecular weight excluding hydrogens is 374 g/mol. The molecule has 0 radical (unpaired) electrons. The Morgan fingerprint density at radius 2 is 1.81 bits per heavy atom. The number of aromatic carboxylic acids is 1. The molecular formula is C19H20ClNO6. The second-order valence-corrected chi connectivity index (χ2v) is 6.24. The molecule has 2 atom stereocenters. The van der Waals surface area contributed by atoms with Crippen LogP contribution in [0.5, 0.6) is 0 Å². The monoisotopic (exact) mass is 393 g/mol. The summed E-state index contributed by atoms with van der Waals surface area (Å²) in [6.45, 7) is 0.200. The maximum atomic E-state index is 11.6. The molecule has 144 valence electrons. The van der Waals surface area contributed by atoms with Crippen LogP contribution in [0.25, 0.3) is 0 Å². The average Bonchev–Trinajstić information content (AvgIpc) is 2.66. The molecule has 8 heteroatoms. The summed E-state index contributed by atoms with van der Waals surface area (Å²) in [6.07, 6.45) is -3.11. The van der Waals surface area contributed by atoms with E-state index in [9.17, 15) is 19.8 Å². The number of hydrogen-bond donors (Lipinski definition) is 4. The van der Waals surface area contributed by atoms with Gasteiger partial charge < -0.3 is 25.4 Å². The van der Waals surface area contributed by atoms with Crippen LogP contribution in [-0.4, -0.2) is 40.0 Å². The van der Waals surface area contributed by atoms with Crippen molar-refractivity contribution in [1.29, 1.82) is 0 Å². The van der Waals surface area contributed by atoms with Crippen molar-refractivity contribution in [3.63, 3.8) is 0 Å². The lowest BCUT2D eigenvalue weighted by atomic mass is 10.00. The molecule has 0 aliphatic carbocycles. The molecule has 7 nitrogen and oxygen atoms in total. The van der Waals surface area contributed by atoms with Crippen molar-refractivity contribution in [3.8, 4) is 0 Å². The molecule has 0 spiro atoms. The Balaban J connectivity index is 1.79. The van der Waals surface area contributed by atoms with Crippen LogP contribution in [0.1, 0.15) is 34.0 Å². The van der Waals surface area contributed by atoms with Gasteiger partial charge in [0.15, 0.2) is 0 Å². The Morgan fingerprint density at radius 1 is 1.11 bits per heavy atom. The molecule has 0 bridgehead atoms. The van der Waals surface area contributed by atoms with Crippen molar-refractivity contribution in [2.45, 2.75) is 25.2 Å². The molecule has 0 heterocycles. The van der Waals surface area contributed by atoms with E-state index in [1.165, 1.54) is 18.2 Å². The van der Waals surface area contributed by atoms with Crippen LogP contribution in [0.2, 0.25) is 5.02 Å². The Bertz CT molecular complexity index is 783. The van der Waals surface area contributed by atoms with E-state index >= 15 is 0 Å². The zero-order valence-electron chi connectivity index (χ0n) is 14.3. The number of halogens is 1. The SMILES string of the molecule is O=C(NCCC(O)C(O)c1ccc(Cl)c(C(=O)O)c1)OCc1ccccc1. The molecule has 1 amide bonds. The smallest absolute Gasteiger partial charge is 0.407 e. The van der Waals surface area contributed by atoms with Gasteiger partial charge in [-0.2, -0.15) is 0 Å². The number of carbonyl (C=O) groups is 2. The number of carboxylic acids is 1. The fraction of sp³-hybridized carbons (Fsp3) is 0.263. The van der Waals surface area contributed by atoms with Gasteiger partial charge in [-0.3, -0.25) is 0 Å². The number of aliphatic hydroxyl groups excluding tert-OH is 2. The van der Waals surface area contributed by atoms with E-state index in [0.29, 0.717) is 0 Å². The van der Waals surface area contributed by atoms with Crippen LogP contribution >= 0.6 is 11.6 Å². The van der Waals surface area contributed by atoms with Gasteiger partial charge in [0.05, 0.1) is 16.7 Å².